The Morgan fingerprint density at radius 3 is 1.09 bits per heavy atom. The number of nitrogens with one attached hydrogen (secondary N) is 1. The van der Waals surface area contributed by atoms with E-state index in [1.54, 1.807) is 6.08 Å². The van der Waals surface area contributed by atoms with Crippen molar-refractivity contribution < 1.29 is 39.8 Å². The third-order valence-electron chi connectivity index (χ3n) is 15.5. The summed E-state index contributed by atoms with van der Waals surface area (Å²) in [6.07, 6.45) is 97.4. The van der Waals surface area contributed by atoms with Crippen molar-refractivity contribution in [2.24, 2.45) is 0 Å². The number of aliphatic hydroxyl groups is 5. The molecule has 6 N–H and O–H groups in total. The van der Waals surface area contributed by atoms with Gasteiger partial charge in [0.25, 0.3) is 0 Å². The van der Waals surface area contributed by atoms with Gasteiger partial charge >= 0.3 is 0 Å². The van der Waals surface area contributed by atoms with Crippen LogP contribution in [0.3, 0.4) is 0 Å². The molecule has 88 heavy (non-hydrogen) atoms. The minimum Gasteiger partial charge on any atom is -0.394 e. The van der Waals surface area contributed by atoms with Gasteiger partial charge in [0.15, 0.2) is 6.29 Å². The molecule has 0 bridgehead atoms. The Labute approximate surface area is 538 Å². The number of aliphatic hydroxyl groups excluding tert-OH is 5. The monoisotopic (exact) mass is 1220 g/mol. The van der Waals surface area contributed by atoms with Gasteiger partial charge in [-0.25, -0.2) is 0 Å². The van der Waals surface area contributed by atoms with Gasteiger partial charge in [0, 0.05) is 6.42 Å². The zero-order valence-corrected chi connectivity index (χ0v) is 55.7. The SMILES string of the molecule is CC/C=C\C/C=C\C/C=C\C/C=C\C/C=C\C/C=C\C/C=C\C/C=C\C/C=C\C/C=C\C/C=C\C/C=C\CCCCC(=O)NC(COC1OC(CO)C(O)C(O)C1O)C(O)/C=C/CC/C=C/CCCCCCCCCCCCCCCCCCCCCC. The first-order valence-corrected chi connectivity index (χ1v) is 35.4. The van der Waals surface area contributed by atoms with E-state index < -0.39 is 49.5 Å². The van der Waals surface area contributed by atoms with Gasteiger partial charge in [-0.3, -0.25) is 4.79 Å². The zero-order chi connectivity index (χ0) is 63.5. The summed E-state index contributed by atoms with van der Waals surface area (Å²) in [5.74, 6) is -0.234. The highest BCUT2D eigenvalue weighted by Crippen LogP contribution is 2.23. The molecule has 7 unspecified atom stereocenters. The average molecular weight is 1220 g/mol. The maximum absolute atomic E-state index is 13.1. The number of amides is 1. The molecule has 1 fully saturated rings. The summed E-state index contributed by atoms with van der Waals surface area (Å²) in [6, 6.07) is -0.860. The van der Waals surface area contributed by atoms with Crippen LogP contribution in [0.4, 0.5) is 0 Å². The van der Waals surface area contributed by atoms with E-state index in [1.165, 1.54) is 128 Å². The predicted octanol–water partition coefficient (Wildman–Crippen LogP) is 19.7. The molecule has 498 valence electrons. The molecule has 1 amide bonds. The number of unbranched alkanes of at least 4 members (excludes halogenated alkanes) is 23. The lowest BCUT2D eigenvalue weighted by atomic mass is 9.99. The maximum Gasteiger partial charge on any atom is 0.220 e. The van der Waals surface area contributed by atoms with Crippen LogP contribution >= 0.6 is 0 Å². The number of hydrogen-bond donors (Lipinski definition) is 6. The van der Waals surface area contributed by atoms with Crippen molar-refractivity contribution >= 4 is 5.91 Å². The first-order chi connectivity index (χ1) is 43.3. The summed E-state index contributed by atoms with van der Waals surface area (Å²) >= 11 is 0. The first kappa shape index (κ1) is 81.6. The van der Waals surface area contributed by atoms with Crippen LogP contribution in [0.1, 0.15) is 264 Å². The second-order valence-corrected chi connectivity index (χ2v) is 23.6. The van der Waals surface area contributed by atoms with E-state index in [0.717, 1.165) is 109 Å². The number of carbonyl (C=O) groups is 1. The second kappa shape index (κ2) is 65.5. The summed E-state index contributed by atoms with van der Waals surface area (Å²) in [6.45, 7) is 3.63. The standard InChI is InChI=1S/C79H129NO8/c1-3-5-7-9-11-13-15-17-19-21-23-25-27-29-31-32-33-34-35-36-37-38-39-40-41-42-43-45-47-49-51-53-55-57-59-61-63-65-67-69-75(83)80-72(71-87-79-78(86)77(85)76(84)74(70-81)88-79)73(82)68-66-64-62-60-58-56-54-52-50-48-46-44-30-28-26-24-22-20-18-16-14-12-10-8-6-4-2/h5,7,11,13,17,19,23,25,29,31,33-34,36-37,39-40,42-43,47,49,53,55,58-61,66,68,72-74,76-79,81-82,84-86H,3-4,6,8-10,12,14-16,18,20-22,24,26-28,30,32,35,38,41,44-46,48,50-52,54,56-57,62-65,67,69-71H2,1-2H3,(H,80,83)/b7-5-,13-11-,19-17-,25-23-,31-29-,34-33-,37-36-,40-39-,43-42-,49-47-,55-53-,60-58+,61-59-,68-66+. The van der Waals surface area contributed by atoms with Crippen LogP contribution in [0.15, 0.2) is 170 Å². The van der Waals surface area contributed by atoms with Gasteiger partial charge in [-0.2, -0.15) is 0 Å². The fourth-order valence-corrected chi connectivity index (χ4v) is 10.0. The second-order valence-electron chi connectivity index (χ2n) is 23.6. The summed E-state index contributed by atoms with van der Waals surface area (Å²) in [7, 11) is 0. The lowest BCUT2D eigenvalue weighted by Gasteiger charge is -2.40. The predicted molar refractivity (Wildman–Crippen MR) is 377 cm³/mol. The van der Waals surface area contributed by atoms with E-state index in [-0.39, 0.29) is 18.9 Å². The molecule has 9 nitrogen and oxygen atoms in total. The highest BCUT2D eigenvalue weighted by atomic mass is 16.7. The molecule has 7 atom stereocenters. The Morgan fingerprint density at radius 2 is 0.716 bits per heavy atom. The number of hydrogen-bond acceptors (Lipinski definition) is 8. The van der Waals surface area contributed by atoms with E-state index in [0.29, 0.717) is 6.42 Å². The van der Waals surface area contributed by atoms with Gasteiger partial charge in [-0.05, 0) is 122 Å². The van der Waals surface area contributed by atoms with Crippen LogP contribution in [0.25, 0.3) is 0 Å². The third-order valence-corrected chi connectivity index (χ3v) is 15.5. The molecule has 1 aliphatic heterocycles. The fraction of sp³-hybridized carbons (Fsp3) is 0.633. The highest BCUT2D eigenvalue weighted by Gasteiger charge is 2.44. The Morgan fingerprint density at radius 1 is 0.398 bits per heavy atom. The van der Waals surface area contributed by atoms with E-state index in [9.17, 15) is 30.3 Å². The lowest BCUT2D eigenvalue weighted by molar-refractivity contribution is -0.302. The van der Waals surface area contributed by atoms with Crippen molar-refractivity contribution in [2.75, 3.05) is 13.2 Å². The molecule has 0 aromatic rings. The lowest BCUT2D eigenvalue weighted by Crippen LogP contribution is -2.60. The van der Waals surface area contributed by atoms with Crippen molar-refractivity contribution in [3.63, 3.8) is 0 Å². The van der Waals surface area contributed by atoms with Crippen LogP contribution in [0, 0.1) is 0 Å². The zero-order valence-electron chi connectivity index (χ0n) is 55.7. The summed E-state index contributed by atoms with van der Waals surface area (Å²) in [5, 5.41) is 54.7. The Bertz CT molecular complexity index is 2000. The van der Waals surface area contributed by atoms with Crippen molar-refractivity contribution in [1.82, 2.24) is 5.32 Å². The molecule has 0 spiro atoms. The molecule has 1 heterocycles. The molecular formula is C79H129NO8. The quantitative estimate of drug-likeness (QED) is 0.0261. The normalized spacial score (nSPS) is 19.0. The van der Waals surface area contributed by atoms with Crippen LogP contribution in [-0.2, 0) is 14.3 Å². The van der Waals surface area contributed by atoms with Gasteiger partial charge in [0.05, 0.1) is 25.4 Å². The minimum absolute atomic E-state index is 0.229. The van der Waals surface area contributed by atoms with E-state index in [2.05, 4.69) is 177 Å². The minimum atomic E-state index is -1.59. The van der Waals surface area contributed by atoms with Crippen LogP contribution < -0.4 is 5.32 Å². The molecule has 1 saturated heterocycles. The molecule has 9 heteroatoms. The Balaban J connectivity index is 2.23. The van der Waals surface area contributed by atoms with Gasteiger partial charge in [0.1, 0.15) is 24.4 Å². The van der Waals surface area contributed by atoms with E-state index in [1.807, 2.05) is 6.08 Å². The van der Waals surface area contributed by atoms with Gasteiger partial charge in [0.2, 0.25) is 5.91 Å². The topological polar surface area (TPSA) is 149 Å². The Hall–Kier alpha value is -4.45. The number of rotatable bonds is 59. The number of allylic oxidation sites excluding steroid dienone is 27. The molecular weight excluding hydrogens is 1090 g/mol. The highest BCUT2D eigenvalue weighted by molar-refractivity contribution is 5.76. The smallest absolute Gasteiger partial charge is 0.220 e. The molecule has 0 aromatic carbocycles. The van der Waals surface area contributed by atoms with Crippen LogP contribution in [-0.4, -0.2) is 87.5 Å². The third kappa shape index (κ3) is 53.4. The van der Waals surface area contributed by atoms with Crippen molar-refractivity contribution in [2.45, 2.75) is 307 Å². The van der Waals surface area contributed by atoms with Gasteiger partial charge in [-0.1, -0.05) is 306 Å². The summed E-state index contributed by atoms with van der Waals surface area (Å²) < 4.78 is 11.3. The molecule has 0 aliphatic carbocycles. The molecule has 1 rings (SSSR count). The van der Waals surface area contributed by atoms with Gasteiger partial charge < -0.3 is 40.3 Å². The number of carbonyl (C=O) groups excluding carboxylic acids is 1. The van der Waals surface area contributed by atoms with Crippen molar-refractivity contribution in [3.8, 4) is 0 Å². The van der Waals surface area contributed by atoms with E-state index >= 15 is 0 Å². The molecule has 0 saturated carbocycles. The van der Waals surface area contributed by atoms with Crippen LogP contribution in [0.2, 0.25) is 0 Å². The van der Waals surface area contributed by atoms with Crippen LogP contribution in [0.5, 0.6) is 0 Å². The maximum atomic E-state index is 13.1. The van der Waals surface area contributed by atoms with E-state index in [4.69, 9.17) is 9.47 Å². The summed E-state index contributed by atoms with van der Waals surface area (Å²) in [5.41, 5.74) is 0. The molecule has 1 aliphatic rings. The van der Waals surface area contributed by atoms with Crippen molar-refractivity contribution in [1.29, 1.82) is 0 Å². The fourth-order valence-electron chi connectivity index (χ4n) is 10.0. The largest absolute Gasteiger partial charge is 0.394 e. The Kier molecular flexibility index (Phi) is 60.7. The average Bonchev–Trinajstić information content (AvgIpc) is 3.65. The van der Waals surface area contributed by atoms with Crippen molar-refractivity contribution in [3.05, 3.63) is 170 Å². The summed E-state index contributed by atoms with van der Waals surface area (Å²) in [4.78, 5) is 13.1. The molecule has 0 radical (unpaired) electrons. The first-order valence-electron chi connectivity index (χ1n) is 35.4. The van der Waals surface area contributed by atoms with Gasteiger partial charge in [-0.15, -0.1) is 0 Å². The number of ether oxygens (including phenoxy) is 2. The molecule has 0 aromatic heterocycles.